The average Bonchev–Trinajstić information content (AvgIpc) is 2.52. The number of hydrogen-bond donors (Lipinski definition) is 2. The first-order valence-corrected chi connectivity index (χ1v) is 9.95. The highest BCUT2D eigenvalue weighted by Gasteiger charge is 2.21. The second kappa shape index (κ2) is 6.33. The molecule has 122 valence electrons. The van der Waals surface area contributed by atoms with Gasteiger partial charge < -0.3 is 16.4 Å². The molecule has 0 aliphatic carbocycles. The van der Waals surface area contributed by atoms with Gasteiger partial charge in [-0.15, -0.1) is 0 Å². The summed E-state index contributed by atoms with van der Waals surface area (Å²) in [4.78, 5) is 4.24. The molecule has 0 unspecified atom stereocenters. The summed E-state index contributed by atoms with van der Waals surface area (Å²) >= 11 is 1.62. The Bertz CT molecular complexity index is 791. The van der Waals surface area contributed by atoms with Crippen molar-refractivity contribution in [1.82, 2.24) is 0 Å². The van der Waals surface area contributed by atoms with Crippen LogP contribution < -0.4 is 16.4 Å². The van der Waals surface area contributed by atoms with Crippen LogP contribution in [0.15, 0.2) is 52.3 Å². The fourth-order valence-corrected chi connectivity index (χ4v) is 4.52. The van der Waals surface area contributed by atoms with E-state index < -0.39 is 9.84 Å². The van der Waals surface area contributed by atoms with Crippen LogP contribution in [-0.2, 0) is 9.84 Å². The number of nitrogen functional groups attached to an aromatic ring is 2. The van der Waals surface area contributed by atoms with Gasteiger partial charge in [0, 0.05) is 28.6 Å². The molecular formula is C16H19N3O2S2. The van der Waals surface area contributed by atoms with Crippen LogP contribution in [0.2, 0.25) is 0 Å². The smallest absolute Gasteiger partial charge is 0.153 e. The first kappa shape index (κ1) is 16.0. The fourth-order valence-electron chi connectivity index (χ4n) is 2.45. The zero-order valence-electron chi connectivity index (χ0n) is 12.6. The zero-order valence-corrected chi connectivity index (χ0v) is 14.2. The van der Waals surface area contributed by atoms with Crippen LogP contribution in [0.5, 0.6) is 0 Å². The summed E-state index contributed by atoms with van der Waals surface area (Å²) in [6, 6.07) is 13.7. The number of nitrogens with two attached hydrogens (primary N) is 2. The molecule has 2 aromatic carbocycles. The van der Waals surface area contributed by atoms with Crippen molar-refractivity contribution in [2.24, 2.45) is 0 Å². The summed E-state index contributed by atoms with van der Waals surface area (Å²) in [5, 5.41) is 0. The molecule has 2 aromatic rings. The van der Waals surface area contributed by atoms with Crippen molar-refractivity contribution in [3.63, 3.8) is 0 Å². The third kappa shape index (κ3) is 3.92. The monoisotopic (exact) mass is 349 g/mol. The second-order valence-corrected chi connectivity index (χ2v) is 8.98. The van der Waals surface area contributed by atoms with E-state index in [4.69, 9.17) is 11.5 Å². The van der Waals surface area contributed by atoms with Gasteiger partial charge in [-0.05, 0) is 42.5 Å². The van der Waals surface area contributed by atoms with Crippen molar-refractivity contribution in [2.45, 2.75) is 9.79 Å². The molecule has 1 aliphatic heterocycles. The quantitative estimate of drug-likeness (QED) is 0.826. The van der Waals surface area contributed by atoms with Crippen molar-refractivity contribution in [2.75, 3.05) is 41.0 Å². The molecule has 0 amide bonds. The maximum absolute atomic E-state index is 11.5. The van der Waals surface area contributed by atoms with Crippen molar-refractivity contribution < 1.29 is 8.42 Å². The van der Waals surface area contributed by atoms with Gasteiger partial charge in [0.05, 0.1) is 22.9 Å². The number of hydrogen-bond acceptors (Lipinski definition) is 6. The van der Waals surface area contributed by atoms with Gasteiger partial charge in [-0.3, -0.25) is 0 Å². The minimum absolute atomic E-state index is 0.230. The van der Waals surface area contributed by atoms with E-state index in [2.05, 4.69) is 4.90 Å². The summed E-state index contributed by atoms with van der Waals surface area (Å²) in [6.45, 7) is 1.12. The van der Waals surface area contributed by atoms with Crippen LogP contribution in [-0.4, -0.2) is 33.0 Å². The molecule has 0 saturated carbocycles. The zero-order chi connectivity index (χ0) is 16.4. The molecule has 0 spiro atoms. The van der Waals surface area contributed by atoms with Crippen molar-refractivity contribution in [3.05, 3.63) is 42.5 Å². The Morgan fingerprint density at radius 3 is 2.09 bits per heavy atom. The minimum atomic E-state index is -2.85. The van der Waals surface area contributed by atoms with Crippen LogP contribution in [0.4, 0.5) is 17.1 Å². The molecule has 1 aliphatic rings. The third-order valence-electron chi connectivity index (χ3n) is 3.84. The topological polar surface area (TPSA) is 89.4 Å². The lowest BCUT2D eigenvalue weighted by Crippen LogP contribution is -2.40. The predicted molar refractivity (Wildman–Crippen MR) is 96.7 cm³/mol. The molecule has 7 heteroatoms. The third-order valence-corrected chi connectivity index (χ3v) is 6.45. The van der Waals surface area contributed by atoms with E-state index in [0.29, 0.717) is 24.5 Å². The Morgan fingerprint density at radius 2 is 1.48 bits per heavy atom. The molecule has 1 fully saturated rings. The molecule has 0 bridgehead atoms. The van der Waals surface area contributed by atoms with Gasteiger partial charge in [-0.1, -0.05) is 11.8 Å². The Balaban J connectivity index is 1.68. The Morgan fingerprint density at radius 1 is 0.870 bits per heavy atom. The molecule has 1 heterocycles. The van der Waals surface area contributed by atoms with Gasteiger partial charge in [-0.25, -0.2) is 8.42 Å². The summed E-state index contributed by atoms with van der Waals surface area (Å²) < 4.78 is 23.0. The number of sulfone groups is 1. The Hall–Kier alpha value is -1.86. The van der Waals surface area contributed by atoms with E-state index in [1.165, 1.54) is 0 Å². The lowest BCUT2D eigenvalue weighted by atomic mass is 10.3. The molecule has 1 saturated heterocycles. The lowest BCUT2D eigenvalue weighted by molar-refractivity contribution is 0.587. The van der Waals surface area contributed by atoms with Crippen LogP contribution in [0.1, 0.15) is 0 Å². The van der Waals surface area contributed by atoms with E-state index in [-0.39, 0.29) is 11.5 Å². The van der Waals surface area contributed by atoms with E-state index in [9.17, 15) is 8.42 Å². The highest BCUT2D eigenvalue weighted by atomic mass is 32.2. The van der Waals surface area contributed by atoms with Crippen molar-refractivity contribution in [1.29, 1.82) is 0 Å². The van der Waals surface area contributed by atoms with Crippen LogP contribution in [0, 0.1) is 0 Å². The van der Waals surface area contributed by atoms with Crippen LogP contribution >= 0.6 is 11.8 Å². The maximum atomic E-state index is 11.5. The first-order chi connectivity index (χ1) is 10.9. The molecule has 3 rings (SSSR count). The molecule has 5 nitrogen and oxygen atoms in total. The Kier molecular flexibility index (Phi) is 4.41. The van der Waals surface area contributed by atoms with Crippen LogP contribution in [0.25, 0.3) is 0 Å². The summed E-state index contributed by atoms with van der Waals surface area (Å²) in [5.41, 5.74) is 13.8. The Labute approximate surface area is 140 Å². The van der Waals surface area contributed by atoms with Gasteiger partial charge in [0.2, 0.25) is 0 Å². The highest BCUT2D eigenvalue weighted by molar-refractivity contribution is 7.99. The van der Waals surface area contributed by atoms with Crippen molar-refractivity contribution in [3.8, 4) is 0 Å². The molecule has 23 heavy (non-hydrogen) atoms. The largest absolute Gasteiger partial charge is 0.397 e. The van der Waals surface area contributed by atoms with E-state index in [1.54, 1.807) is 17.8 Å². The van der Waals surface area contributed by atoms with Gasteiger partial charge in [0.25, 0.3) is 0 Å². The van der Waals surface area contributed by atoms with Gasteiger partial charge >= 0.3 is 0 Å². The highest BCUT2D eigenvalue weighted by Crippen LogP contribution is 2.32. The molecular weight excluding hydrogens is 330 g/mol. The number of anilines is 3. The van der Waals surface area contributed by atoms with Gasteiger partial charge in [0.1, 0.15) is 0 Å². The SMILES string of the molecule is Nc1ccc(Sc2ccc(N3CCS(=O)(=O)CC3)cc2)cc1N. The van der Waals surface area contributed by atoms with Gasteiger partial charge in [-0.2, -0.15) is 0 Å². The van der Waals surface area contributed by atoms with Crippen molar-refractivity contribution >= 4 is 38.7 Å². The fraction of sp³-hybridized carbons (Fsp3) is 0.250. The summed E-state index contributed by atoms with van der Waals surface area (Å²) in [5.74, 6) is 0.461. The van der Waals surface area contributed by atoms with Crippen LogP contribution in [0.3, 0.4) is 0 Å². The normalized spacial score (nSPS) is 17.1. The summed E-state index contributed by atoms with van der Waals surface area (Å²) in [6.07, 6.45) is 0. The standard InChI is InChI=1S/C16H19N3O2S2/c17-15-6-5-14(11-16(15)18)22-13-3-1-12(2-4-13)19-7-9-23(20,21)10-8-19/h1-6,11H,7-10,17-18H2. The summed E-state index contributed by atoms with van der Waals surface area (Å²) in [7, 11) is -2.85. The maximum Gasteiger partial charge on any atom is 0.153 e. The van der Waals surface area contributed by atoms with E-state index in [1.807, 2.05) is 36.4 Å². The van der Waals surface area contributed by atoms with Gasteiger partial charge in [0.15, 0.2) is 9.84 Å². The predicted octanol–water partition coefficient (Wildman–Crippen LogP) is 2.24. The number of benzene rings is 2. The number of nitrogens with zero attached hydrogens (tertiary/aromatic N) is 1. The molecule has 0 aromatic heterocycles. The molecule has 0 radical (unpaired) electrons. The number of rotatable bonds is 3. The van der Waals surface area contributed by atoms with E-state index >= 15 is 0 Å². The minimum Gasteiger partial charge on any atom is -0.397 e. The molecule has 0 atom stereocenters. The lowest BCUT2D eigenvalue weighted by Gasteiger charge is -2.28. The first-order valence-electron chi connectivity index (χ1n) is 7.31. The molecule has 4 N–H and O–H groups in total. The second-order valence-electron chi connectivity index (χ2n) is 5.53. The van der Waals surface area contributed by atoms with E-state index in [0.717, 1.165) is 15.5 Å². The average molecular weight is 349 g/mol.